The van der Waals surface area contributed by atoms with E-state index in [9.17, 15) is 4.79 Å². The first-order valence-electron chi connectivity index (χ1n) is 6.35. The highest BCUT2D eigenvalue weighted by atomic mass is 16.1. The van der Waals surface area contributed by atoms with Crippen molar-refractivity contribution in [1.29, 1.82) is 5.26 Å². The average Bonchev–Trinajstić information content (AvgIpc) is 2.36. The lowest BCUT2D eigenvalue weighted by atomic mass is 10.0. The van der Waals surface area contributed by atoms with Gasteiger partial charge in [-0.05, 0) is 31.4 Å². The van der Waals surface area contributed by atoms with Crippen molar-refractivity contribution < 1.29 is 4.79 Å². The van der Waals surface area contributed by atoms with E-state index < -0.39 is 5.92 Å². The second-order valence-electron chi connectivity index (χ2n) is 4.56. The van der Waals surface area contributed by atoms with Crippen LogP contribution in [0.3, 0.4) is 0 Å². The lowest BCUT2D eigenvalue weighted by molar-refractivity contribution is -0.124. The van der Waals surface area contributed by atoms with Crippen LogP contribution in [0.5, 0.6) is 0 Å². The monoisotopic (exact) mass is 244 g/mol. The summed E-state index contributed by atoms with van der Waals surface area (Å²) in [6.45, 7) is 5.94. The van der Waals surface area contributed by atoms with Gasteiger partial charge in [0.1, 0.15) is 5.92 Å². The van der Waals surface area contributed by atoms with Gasteiger partial charge in [-0.15, -0.1) is 0 Å². The number of rotatable bonds is 5. The van der Waals surface area contributed by atoms with Crippen molar-refractivity contribution in [1.82, 2.24) is 5.32 Å². The summed E-state index contributed by atoms with van der Waals surface area (Å²) in [5, 5.41) is 11.9. The topological polar surface area (TPSA) is 52.9 Å². The Bertz CT molecular complexity index is 448. The number of nitrogens with one attached hydrogen (secondary N) is 1. The minimum absolute atomic E-state index is 0.0635. The van der Waals surface area contributed by atoms with Crippen LogP contribution in [0.1, 0.15) is 43.9 Å². The molecule has 1 aromatic rings. The first-order chi connectivity index (χ1) is 8.60. The van der Waals surface area contributed by atoms with Gasteiger partial charge < -0.3 is 5.32 Å². The number of nitrogens with zero attached hydrogens (tertiary/aromatic N) is 1. The fourth-order valence-corrected chi connectivity index (χ4v) is 2.01. The summed E-state index contributed by atoms with van der Waals surface area (Å²) in [7, 11) is 0. The zero-order valence-corrected chi connectivity index (χ0v) is 11.2. The highest BCUT2D eigenvalue weighted by Crippen LogP contribution is 2.17. The van der Waals surface area contributed by atoms with E-state index in [0.29, 0.717) is 6.42 Å². The summed E-state index contributed by atoms with van der Waals surface area (Å²) in [5.41, 5.74) is 2.24. The predicted molar refractivity (Wildman–Crippen MR) is 71.7 cm³/mol. The molecule has 1 aromatic carbocycles. The smallest absolute Gasteiger partial charge is 0.237 e. The van der Waals surface area contributed by atoms with Gasteiger partial charge in [-0.1, -0.05) is 37.6 Å². The Morgan fingerprint density at radius 2 is 2.11 bits per heavy atom. The first kappa shape index (κ1) is 14.2. The van der Waals surface area contributed by atoms with Gasteiger partial charge >= 0.3 is 0 Å². The average molecular weight is 244 g/mol. The van der Waals surface area contributed by atoms with Crippen LogP contribution in [-0.2, 0) is 4.79 Å². The summed E-state index contributed by atoms with van der Waals surface area (Å²) < 4.78 is 0. The van der Waals surface area contributed by atoms with E-state index in [2.05, 4.69) is 11.4 Å². The second-order valence-corrected chi connectivity index (χ2v) is 4.56. The normalized spacial score (nSPS) is 13.4. The van der Waals surface area contributed by atoms with Crippen LogP contribution in [0.15, 0.2) is 24.3 Å². The van der Waals surface area contributed by atoms with E-state index in [0.717, 1.165) is 17.5 Å². The van der Waals surface area contributed by atoms with Crippen molar-refractivity contribution >= 4 is 5.91 Å². The highest BCUT2D eigenvalue weighted by molar-refractivity contribution is 5.81. The van der Waals surface area contributed by atoms with Gasteiger partial charge in [-0.2, -0.15) is 5.26 Å². The van der Waals surface area contributed by atoms with Crippen molar-refractivity contribution in [2.24, 2.45) is 5.92 Å². The molecular formula is C15H20N2O. The summed E-state index contributed by atoms with van der Waals surface area (Å²) in [6, 6.07) is 9.95. The van der Waals surface area contributed by atoms with Crippen molar-refractivity contribution in [3.8, 4) is 6.07 Å². The number of hydrogen-bond donors (Lipinski definition) is 1. The third-order valence-corrected chi connectivity index (χ3v) is 3.06. The lowest BCUT2D eigenvalue weighted by Crippen LogP contribution is -2.32. The summed E-state index contributed by atoms with van der Waals surface area (Å²) in [6.07, 6.45) is 1.45. The molecule has 0 bridgehead atoms. The van der Waals surface area contributed by atoms with Gasteiger partial charge in [-0.3, -0.25) is 4.79 Å². The van der Waals surface area contributed by atoms with Crippen LogP contribution in [0.2, 0.25) is 0 Å². The Labute approximate surface area is 109 Å². The molecule has 0 saturated heterocycles. The molecule has 0 aliphatic heterocycles. The number of hydrogen-bond acceptors (Lipinski definition) is 2. The molecule has 0 spiro atoms. The van der Waals surface area contributed by atoms with Crippen LogP contribution in [0.4, 0.5) is 0 Å². The van der Waals surface area contributed by atoms with Gasteiger partial charge in [0.25, 0.3) is 0 Å². The largest absolute Gasteiger partial charge is 0.348 e. The van der Waals surface area contributed by atoms with Crippen molar-refractivity contribution in [2.45, 2.75) is 39.7 Å². The molecule has 0 heterocycles. The Balaban J connectivity index is 2.71. The minimum Gasteiger partial charge on any atom is -0.348 e. The quantitative estimate of drug-likeness (QED) is 0.865. The van der Waals surface area contributed by atoms with Crippen LogP contribution in [0, 0.1) is 24.2 Å². The molecule has 0 aliphatic carbocycles. The van der Waals surface area contributed by atoms with Crippen molar-refractivity contribution in [3.63, 3.8) is 0 Å². The van der Waals surface area contributed by atoms with Gasteiger partial charge in [0.15, 0.2) is 0 Å². The first-order valence-corrected chi connectivity index (χ1v) is 6.35. The molecule has 0 aliphatic rings. The SMILES string of the molecule is CCCC(C#N)C(=O)NC(C)c1ccccc1C. The fourth-order valence-electron chi connectivity index (χ4n) is 2.01. The molecule has 1 rings (SSSR count). The van der Waals surface area contributed by atoms with Crippen molar-refractivity contribution in [3.05, 3.63) is 35.4 Å². The summed E-state index contributed by atoms with van der Waals surface area (Å²) >= 11 is 0. The van der Waals surface area contributed by atoms with Gasteiger partial charge in [0, 0.05) is 0 Å². The van der Waals surface area contributed by atoms with E-state index in [-0.39, 0.29) is 11.9 Å². The molecule has 18 heavy (non-hydrogen) atoms. The third kappa shape index (κ3) is 3.59. The number of amides is 1. The molecule has 0 fully saturated rings. The van der Waals surface area contributed by atoms with E-state index >= 15 is 0 Å². The predicted octanol–water partition coefficient (Wildman–Crippen LogP) is 3.11. The Morgan fingerprint density at radius 3 is 2.67 bits per heavy atom. The maximum Gasteiger partial charge on any atom is 0.237 e. The van der Waals surface area contributed by atoms with Gasteiger partial charge in [0.05, 0.1) is 12.1 Å². The second kappa shape index (κ2) is 6.80. The molecule has 0 radical (unpaired) electrons. The number of nitriles is 1. The van der Waals surface area contributed by atoms with Crippen LogP contribution in [0.25, 0.3) is 0 Å². The molecule has 1 N–H and O–H groups in total. The Morgan fingerprint density at radius 1 is 1.44 bits per heavy atom. The maximum atomic E-state index is 11.9. The molecule has 2 unspecified atom stereocenters. The zero-order valence-electron chi connectivity index (χ0n) is 11.2. The fraction of sp³-hybridized carbons (Fsp3) is 0.467. The Kier molecular flexibility index (Phi) is 5.38. The minimum atomic E-state index is -0.540. The summed E-state index contributed by atoms with van der Waals surface area (Å²) in [5.74, 6) is -0.712. The molecule has 0 aromatic heterocycles. The van der Waals surface area contributed by atoms with E-state index in [1.54, 1.807) is 0 Å². The standard InChI is InChI=1S/C15H20N2O/c1-4-7-13(10-16)15(18)17-12(3)14-9-6-5-8-11(14)2/h5-6,8-9,12-13H,4,7H2,1-3H3,(H,17,18). The molecule has 3 heteroatoms. The Hall–Kier alpha value is -1.82. The third-order valence-electron chi connectivity index (χ3n) is 3.06. The van der Waals surface area contributed by atoms with E-state index in [1.165, 1.54) is 0 Å². The highest BCUT2D eigenvalue weighted by Gasteiger charge is 2.19. The summed E-state index contributed by atoms with van der Waals surface area (Å²) in [4.78, 5) is 11.9. The number of carbonyl (C=O) groups excluding carboxylic acids is 1. The molecule has 2 atom stereocenters. The number of aryl methyl sites for hydroxylation is 1. The molecule has 96 valence electrons. The van der Waals surface area contributed by atoms with Crippen LogP contribution >= 0.6 is 0 Å². The van der Waals surface area contributed by atoms with E-state index in [1.807, 2.05) is 45.0 Å². The maximum absolute atomic E-state index is 11.9. The van der Waals surface area contributed by atoms with Crippen LogP contribution < -0.4 is 5.32 Å². The molecule has 1 amide bonds. The molecular weight excluding hydrogens is 224 g/mol. The van der Waals surface area contributed by atoms with Gasteiger partial charge in [0.2, 0.25) is 5.91 Å². The molecule has 3 nitrogen and oxygen atoms in total. The van der Waals surface area contributed by atoms with E-state index in [4.69, 9.17) is 5.26 Å². The zero-order chi connectivity index (χ0) is 13.5. The number of benzene rings is 1. The molecule has 0 saturated carbocycles. The number of carbonyl (C=O) groups is 1. The van der Waals surface area contributed by atoms with Gasteiger partial charge in [-0.25, -0.2) is 0 Å². The van der Waals surface area contributed by atoms with Crippen LogP contribution in [-0.4, -0.2) is 5.91 Å². The van der Waals surface area contributed by atoms with Crippen molar-refractivity contribution in [2.75, 3.05) is 0 Å². The lowest BCUT2D eigenvalue weighted by Gasteiger charge is -2.18.